The molecule has 0 bridgehead atoms. The molecule has 7 nitrogen and oxygen atoms in total. The van der Waals surface area contributed by atoms with Crippen LogP contribution < -0.4 is 4.90 Å². The molecule has 1 saturated heterocycles. The highest BCUT2D eigenvalue weighted by Crippen LogP contribution is 2.38. The number of hydrogen-bond acceptors (Lipinski definition) is 5. The Bertz CT molecular complexity index is 1300. The van der Waals surface area contributed by atoms with Crippen LogP contribution in [0, 0.1) is 11.3 Å². The van der Waals surface area contributed by atoms with Crippen LogP contribution >= 0.6 is 12.2 Å². The number of pyridine rings is 1. The van der Waals surface area contributed by atoms with Gasteiger partial charge in [-0.25, -0.2) is 0 Å². The lowest BCUT2D eigenvalue weighted by molar-refractivity contribution is -0.137. The summed E-state index contributed by atoms with van der Waals surface area (Å²) < 4.78 is 46.2. The molecule has 1 amide bonds. The first-order valence-corrected chi connectivity index (χ1v) is 11.8. The zero-order chi connectivity index (χ0) is 26.8. The van der Waals surface area contributed by atoms with Gasteiger partial charge in [0.2, 0.25) is 0 Å². The maximum absolute atomic E-state index is 13.5. The third-order valence-electron chi connectivity index (χ3n) is 6.14. The second kappa shape index (κ2) is 10.3. The molecule has 37 heavy (non-hydrogen) atoms. The van der Waals surface area contributed by atoms with E-state index in [1.165, 1.54) is 6.07 Å². The predicted octanol–water partition coefficient (Wildman–Crippen LogP) is 5.40. The van der Waals surface area contributed by atoms with Crippen LogP contribution in [0.2, 0.25) is 0 Å². The van der Waals surface area contributed by atoms with Gasteiger partial charge in [-0.15, -0.1) is 0 Å². The van der Waals surface area contributed by atoms with Gasteiger partial charge in [-0.2, -0.15) is 24.6 Å². The first kappa shape index (κ1) is 26.3. The predicted molar refractivity (Wildman–Crippen MR) is 136 cm³/mol. The molecular formula is C26H23F3N5O2S-. The average Bonchev–Trinajstić information content (AvgIpc) is 3.05. The Morgan fingerprint density at radius 3 is 2.59 bits per heavy atom. The number of halogens is 3. The monoisotopic (exact) mass is 526 g/mol. The van der Waals surface area contributed by atoms with Crippen LogP contribution in [0.4, 0.5) is 18.9 Å². The van der Waals surface area contributed by atoms with E-state index >= 15 is 0 Å². The van der Waals surface area contributed by atoms with Crippen LogP contribution in [0.1, 0.15) is 37.0 Å². The maximum Gasteiger partial charge on any atom is 0.417 e. The van der Waals surface area contributed by atoms with Gasteiger partial charge in [-0.05, 0) is 74.0 Å². The van der Waals surface area contributed by atoms with Crippen molar-refractivity contribution in [1.82, 2.24) is 9.88 Å². The Morgan fingerprint density at radius 2 is 1.97 bits per heavy atom. The number of carbonyl (C=O) groups excluding carboxylic acids is 1. The van der Waals surface area contributed by atoms with E-state index in [1.54, 1.807) is 43.4 Å². The Kier molecular flexibility index (Phi) is 7.34. The van der Waals surface area contributed by atoms with Gasteiger partial charge in [0.25, 0.3) is 5.91 Å². The molecule has 1 aromatic heterocycles. The van der Waals surface area contributed by atoms with Crippen molar-refractivity contribution >= 4 is 34.5 Å². The topological polar surface area (TPSA) is 83.6 Å². The minimum atomic E-state index is -4.75. The van der Waals surface area contributed by atoms with E-state index in [0.717, 1.165) is 28.2 Å². The van der Waals surface area contributed by atoms with Crippen molar-refractivity contribution in [2.45, 2.75) is 38.2 Å². The molecule has 2 aliphatic heterocycles. The number of allylic oxidation sites excluding steroid dienone is 2. The molecule has 4 rings (SSSR count). The molecule has 1 aromatic carbocycles. The van der Waals surface area contributed by atoms with E-state index in [4.69, 9.17) is 22.2 Å². The summed E-state index contributed by atoms with van der Waals surface area (Å²) in [4.78, 5) is 19.9. The Hall–Kier alpha value is -3.75. The quantitative estimate of drug-likeness (QED) is 0.355. The summed E-state index contributed by atoms with van der Waals surface area (Å²) in [6.07, 6.45) is 4.24. The lowest BCUT2D eigenvalue weighted by Crippen LogP contribution is -2.44. The molecule has 0 aliphatic carbocycles. The number of rotatable bonds is 7. The normalized spacial score (nSPS) is 19.0. The van der Waals surface area contributed by atoms with Crippen molar-refractivity contribution in [2.24, 2.45) is 0 Å². The van der Waals surface area contributed by atoms with Gasteiger partial charge in [0.05, 0.1) is 22.9 Å². The highest BCUT2D eigenvalue weighted by molar-refractivity contribution is 7.80. The summed E-state index contributed by atoms with van der Waals surface area (Å²) in [6, 6.07) is 8.45. The number of benzene rings is 1. The molecule has 2 aromatic rings. The Morgan fingerprint density at radius 1 is 1.24 bits per heavy atom. The number of thiocarbonyl (C=S) groups is 1. The van der Waals surface area contributed by atoms with Gasteiger partial charge < -0.3 is 15.0 Å². The van der Waals surface area contributed by atoms with Gasteiger partial charge in [0.1, 0.15) is 5.54 Å². The average molecular weight is 527 g/mol. The number of anilines is 1. The molecule has 3 heterocycles. The number of ether oxygens (including phenoxy) is 1. The number of nitriles is 1. The second-order valence-corrected chi connectivity index (χ2v) is 9.28. The smallest absolute Gasteiger partial charge is 0.417 e. The summed E-state index contributed by atoms with van der Waals surface area (Å²) in [7, 11) is 0. The number of amides is 1. The van der Waals surface area contributed by atoms with Gasteiger partial charge in [-0.1, -0.05) is 12.2 Å². The summed E-state index contributed by atoms with van der Waals surface area (Å²) >= 11 is 5.50. The molecule has 0 N–H and O–H groups in total. The minimum Gasteiger partial charge on any atom is -0.662 e. The molecule has 11 heteroatoms. The van der Waals surface area contributed by atoms with E-state index in [-0.39, 0.29) is 10.8 Å². The van der Waals surface area contributed by atoms with Crippen LogP contribution in [-0.4, -0.2) is 45.8 Å². The lowest BCUT2D eigenvalue weighted by atomic mass is 10.0. The number of alkyl halides is 3. The van der Waals surface area contributed by atoms with Crippen molar-refractivity contribution in [3.63, 3.8) is 0 Å². The van der Waals surface area contributed by atoms with Crippen molar-refractivity contribution < 1.29 is 22.7 Å². The first-order valence-electron chi connectivity index (χ1n) is 11.4. The van der Waals surface area contributed by atoms with Crippen molar-refractivity contribution in [3.8, 4) is 6.07 Å². The molecular weight excluding hydrogens is 503 g/mol. The maximum atomic E-state index is 13.5. The molecule has 2 aliphatic rings. The highest BCUT2D eigenvalue weighted by atomic mass is 32.1. The van der Waals surface area contributed by atoms with Crippen LogP contribution in [0.25, 0.3) is 10.9 Å². The van der Waals surface area contributed by atoms with Gasteiger partial charge in [0, 0.05) is 31.8 Å². The molecule has 1 unspecified atom stereocenters. The molecule has 0 saturated carbocycles. The summed E-state index contributed by atoms with van der Waals surface area (Å²) in [5.74, 6) is -0.449. The number of hydrogen-bond donors (Lipinski definition) is 0. The fourth-order valence-corrected chi connectivity index (χ4v) is 4.62. The fourth-order valence-electron chi connectivity index (χ4n) is 4.11. The van der Waals surface area contributed by atoms with Crippen LogP contribution in [0.5, 0.6) is 0 Å². The Balaban J connectivity index is 1.38. The zero-order valence-corrected chi connectivity index (χ0v) is 20.9. The first-order chi connectivity index (χ1) is 17.5. The number of aromatic nitrogens is 1. The molecule has 1 fully saturated rings. The minimum absolute atomic E-state index is 0.0314. The lowest BCUT2D eigenvalue weighted by Gasteiger charge is -2.32. The molecule has 0 radical (unpaired) electrons. The largest absolute Gasteiger partial charge is 0.662 e. The molecule has 0 spiro atoms. The van der Waals surface area contributed by atoms with E-state index in [9.17, 15) is 18.0 Å². The van der Waals surface area contributed by atoms with Crippen molar-refractivity contribution in [3.05, 3.63) is 83.1 Å². The number of nitrogens with zero attached hydrogens (tertiary/aromatic N) is 5. The third kappa shape index (κ3) is 5.35. The van der Waals surface area contributed by atoms with Crippen LogP contribution in [0.3, 0.4) is 0 Å². The summed E-state index contributed by atoms with van der Waals surface area (Å²) in [5, 5.41) is 13.5. The SMILES string of the molecule is CC1(C)C(=O)N(c2ccc(C#N)c(C(F)(F)F)c2)C(=S)N1CCCOC1C=CC(c2ccncc2)=C[N-]1. The highest BCUT2D eigenvalue weighted by Gasteiger charge is 2.49. The third-order valence-corrected chi connectivity index (χ3v) is 6.54. The van der Waals surface area contributed by atoms with Gasteiger partial charge in [0.15, 0.2) is 5.11 Å². The van der Waals surface area contributed by atoms with E-state index < -0.39 is 35.0 Å². The van der Waals surface area contributed by atoms with E-state index in [1.807, 2.05) is 24.3 Å². The fraction of sp³-hybridized carbons (Fsp3) is 0.308. The van der Waals surface area contributed by atoms with E-state index in [2.05, 4.69) is 10.3 Å². The number of carbonyl (C=O) groups is 1. The van der Waals surface area contributed by atoms with Crippen molar-refractivity contribution in [1.29, 1.82) is 5.26 Å². The van der Waals surface area contributed by atoms with Gasteiger partial charge in [-0.3, -0.25) is 14.7 Å². The molecule has 1 atom stereocenters. The standard InChI is InChI=1S/C26H23F3N5O2S/c1-25(2)23(35)34(20-6-4-18(15-30)21(14-20)26(27,28)29)24(37)33(25)12-3-13-36-22-7-5-19(16-32-22)17-8-10-31-11-9-17/h4-11,14,16,22H,3,12-13H2,1-2H3/q-1. The molecule has 192 valence electrons. The summed E-state index contributed by atoms with van der Waals surface area (Å²) in [6.45, 7) is 4.02. The van der Waals surface area contributed by atoms with E-state index in [0.29, 0.717) is 19.6 Å². The zero-order valence-electron chi connectivity index (χ0n) is 20.1. The summed E-state index contributed by atoms with van der Waals surface area (Å²) in [5.41, 5.74) is -0.791. The van der Waals surface area contributed by atoms with Crippen LogP contribution in [-0.2, 0) is 15.7 Å². The second-order valence-electron chi connectivity index (χ2n) is 8.92. The van der Waals surface area contributed by atoms with Gasteiger partial charge >= 0.3 is 6.18 Å². The van der Waals surface area contributed by atoms with Crippen molar-refractivity contribution in [2.75, 3.05) is 18.1 Å². The van der Waals surface area contributed by atoms with Crippen LogP contribution in [0.15, 0.2) is 61.1 Å². The Labute approximate surface area is 217 Å².